The number of hydrogen-bond donors (Lipinski definition) is 1. The Morgan fingerprint density at radius 3 is 2.54 bits per heavy atom. The van der Waals surface area contributed by atoms with E-state index in [1.54, 1.807) is 24.3 Å². The maximum absolute atomic E-state index is 12.2. The third kappa shape index (κ3) is 4.26. The van der Waals surface area contributed by atoms with Gasteiger partial charge < -0.3 is 10.2 Å². The molecule has 0 unspecified atom stereocenters. The summed E-state index contributed by atoms with van der Waals surface area (Å²) in [5.41, 5.74) is 2.48. The molecule has 2 aromatic rings. The van der Waals surface area contributed by atoms with Crippen LogP contribution < -0.4 is 10.2 Å². The molecular formula is C19H18ClN3O2S. The zero-order valence-corrected chi connectivity index (χ0v) is 16.0. The van der Waals surface area contributed by atoms with E-state index < -0.39 is 5.25 Å². The summed E-state index contributed by atoms with van der Waals surface area (Å²) in [6, 6.07) is 14.8. The third-order valence-electron chi connectivity index (χ3n) is 3.89. The first-order valence-corrected chi connectivity index (χ1v) is 9.31. The van der Waals surface area contributed by atoms with Gasteiger partial charge in [0.1, 0.15) is 10.3 Å². The second kappa shape index (κ2) is 7.93. The highest BCUT2D eigenvalue weighted by Crippen LogP contribution is 2.30. The van der Waals surface area contributed by atoms with Crippen LogP contribution >= 0.6 is 23.4 Å². The van der Waals surface area contributed by atoms with Crippen molar-refractivity contribution in [2.75, 3.05) is 24.3 Å². The first kappa shape index (κ1) is 18.5. The smallest absolute Gasteiger partial charge is 0.260 e. The molecule has 0 aliphatic carbocycles. The summed E-state index contributed by atoms with van der Waals surface area (Å²) in [5, 5.41) is 3.34. The molecule has 0 fully saturated rings. The Morgan fingerprint density at radius 1 is 1.19 bits per heavy atom. The molecule has 1 aliphatic heterocycles. The van der Waals surface area contributed by atoms with Crippen LogP contribution in [-0.4, -0.2) is 36.2 Å². The van der Waals surface area contributed by atoms with Gasteiger partial charge in [0.25, 0.3) is 5.91 Å². The van der Waals surface area contributed by atoms with Gasteiger partial charge in [-0.2, -0.15) is 0 Å². The van der Waals surface area contributed by atoms with Crippen LogP contribution in [0.15, 0.2) is 53.5 Å². The predicted octanol–water partition coefficient (Wildman–Crippen LogP) is 3.82. The van der Waals surface area contributed by atoms with Crippen molar-refractivity contribution < 1.29 is 9.59 Å². The Balaban J connectivity index is 1.62. The van der Waals surface area contributed by atoms with Gasteiger partial charge in [0.2, 0.25) is 5.91 Å². The van der Waals surface area contributed by atoms with Crippen molar-refractivity contribution in [2.24, 2.45) is 4.99 Å². The maximum atomic E-state index is 12.2. The number of nitrogens with one attached hydrogen (secondary N) is 1. The normalized spacial score (nSPS) is 16.3. The quantitative estimate of drug-likeness (QED) is 0.847. The average Bonchev–Trinajstić information content (AvgIpc) is 2.97. The lowest BCUT2D eigenvalue weighted by Gasteiger charge is -2.12. The molecule has 0 spiro atoms. The Labute approximate surface area is 161 Å². The van der Waals surface area contributed by atoms with Gasteiger partial charge in [0.05, 0.1) is 10.7 Å². The van der Waals surface area contributed by atoms with E-state index in [0.717, 1.165) is 11.3 Å². The fraction of sp³-hybridized carbons (Fsp3) is 0.211. The van der Waals surface area contributed by atoms with Crippen LogP contribution in [0.1, 0.15) is 12.0 Å². The van der Waals surface area contributed by atoms with E-state index in [-0.39, 0.29) is 18.2 Å². The van der Waals surface area contributed by atoms with Crippen LogP contribution in [0.5, 0.6) is 0 Å². The SMILES string of the molecule is CN(C)c1ccc(C2=NC(=O)[C@@H](CC(=O)Nc3ccccc3Cl)S2)cc1. The number of amides is 2. The van der Waals surface area contributed by atoms with Crippen LogP contribution in [0.2, 0.25) is 5.02 Å². The van der Waals surface area contributed by atoms with Gasteiger partial charge >= 0.3 is 0 Å². The standard InChI is InChI=1S/C19H18ClN3O2S/c1-23(2)13-9-7-12(8-10-13)19-22-18(25)16(26-19)11-17(24)21-15-6-4-3-5-14(15)20/h3-10,16H,11H2,1-2H3,(H,21,24)/t16-/m1/s1. The molecule has 1 N–H and O–H groups in total. The van der Waals surface area contributed by atoms with Crippen LogP contribution in [0.4, 0.5) is 11.4 Å². The predicted molar refractivity (Wildman–Crippen MR) is 108 cm³/mol. The summed E-state index contributed by atoms with van der Waals surface area (Å²) in [4.78, 5) is 30.5. The number of thioether (sulfide) groups is 1. The molecule has 26 heavy (non-hydrogen) atoms. The molecular weight excluding hydrogens is 370 g/mol. The molecule has 0 saturated carbocycles. The van der Waals surface area contributed by atoms with Gasteiger partial charge in [-0.15, -0.1) is 0 Å². The maximum Gasteiger partial charge on any atom is 0.260 e. The highest BCUT2D eigenvalue weighted by atomic mass is 35.5. The molecule has 0 bridgehead atoms. The molecule has 1 aliphatic rings. The Bertz CT molecular complexity index is 865. The topological polar surface area (TPSA) is 61.8 Å². The van der Waals surface area contributed by atoms with Gasteiger partial charge in [0, 0.05) is 31.8 Å². The molecule has 7 heteroatoms. The van der Waals surface area contributed by atoms with E-state index in [9.17, 15) is 9.59 Å². The van der Waals surface area contributed by atoms with Crippen molar-refractivity contribution in [3.8, 4) is 0 Å². The number of anilines is 2. The van der Waals surface area contributed by atoms with Crippen molar-refractivity contribution in [1.82, 2.24) is 0 Å². The number of benzene rings is 2. The van der Waals surface area contributed by atoms with E-state index in [4.69, 9.17) is 11.6 Å². The summed E-state index contributed by atoms with van der Waals surface area (Å²) in [6.45, 7) is 0. The van der Waals surface area contributed by atoms with Crippen molar-refractivity contribution in [1.29, 1.82) is 0 Å². The van der Waals surface area contributed by atoms with E-state index >= 15 is 0 Å². The second-order valence-corrected chi connectivity index (χ2v) is 7.63. The highest BCUT2D eigenvalue weighted by molar-refractivity contribution is 8.16. The minimum absolute atomic E-state index is 0.0531. The van der Waals surface area contributed by atoms with Crippen LogP contribution in [0.25, 0.3) is 0 Å². The lowest BCUT2D eigenvalue weighted by atomic mass is 10.2. The van der Waals surface area contributed by atoms with Crippen molar-refractivity contribution >= 4 is 51.6 Å². The molecule has 2 amide bonds. The van der Waals surface area contributed by atoms with Crippen LogP contribution in [0.3, 0.4) is 0 Å². The van der Waals surface area contributed by atoms with Gasteiger partial charge in [-0.1, -0.05) is 47.6 Å². The fourth-order valence-electron chi connectivity index (χ4n) is 2.48. The number of nitrogens with zero attached hydrogens (tertiary/aromatic N) is 2. The summed E-state index contributed by atoms with van der Waals surface area (Å²) >= 11 is 7.36. The number of para-hydroxylation sites is 1. The van der Waals surface area contributed by atoms with E-state index in [2.05, 4.69) is 10.3 Å². The average molecular weight is 388 g/mol. The van der Waals surface area contributed by atoms with Crippen LogP contribution in [-0.2, 0) is 9.59 Å². The minimum Gasteiger partial charge on any atom is -0.378 e. The number of aliphatic imine (C=N–C) groups is 1. The van der Waals surface area contributed by atoms with Gasteiger partial charge in [-0.05, 0) is 24.3 Å². The molecule has 1 atom stereocenters. The fourth-order valence-corrected chi connectivity index (χ4v) is 3.74. The minimum atomic E-state index is -0.513. The molecule has 3 rings (SSSR count). The van der Waals surface area contributed by atoms with Gasteiger partial charge in [-0.25, -0.2) is 4.99 Å². The lowest BCUT2D eigenvalue weighted by molar-refractivity contribution is -0.121. The van der Waals surface area contributed by atoms with Gasteiger partial charge in [0.15, 0.2) is 0 Å². The second-order valence-electron chi connectivity index (χ2n) is 6.04. The Morgan fingerprint density at radius 2 is 1.88 bits per heavy atom. The van der Waals surface area contributed by atoms with Gasteiger partial charge in [-0.3, -0.25) is 9.59 Å². The van der Waals surface area contributed by atoms with Crippen molar-refractivity contribution in [3.05, 3.63) is 59.1 Å². The van der Waals surface area contributed by atoms with E-state index in [1.807, 2.05) is 43.3 Å². The Kier molecular flexibility index (Phi) is 5.64. The summed E-state index contributed by atoms with van der Waals surface area (Å²) in [5.74, 6) is -0.542. The molecule has 0 aromatic heterocycles. The number of carbonyl (C=O) groups excluding carboxylic acids is 2. The van der Waals surface area contributed by atoms with Crippen molar-refractivity contribution in [3.63, 3.8) is 0 Å². The monoisotopic (exact) mass is 387 g/mol. The molecule has 5 nitrogen and oxygen atoms in total. The molecule has 2 aromatic carbocycles. The summed E-state index contributed by atoms with van der Waals surface area (Å²) < 4.78 is 0. The zero-order chi connectivity index (χ0) is 18.7. The summed E-state index contributed by atoms with van der Waals surface area (Å²) in [7, 11) is 3.93. The van der Waals surface area contributed by atoms with E-state index in [0.29, 0.717) is 15.8 Å². The first-order chi connectivity index (χ1) is 12.4. The highest BCUT2D eigenvalue weighted by Gasteiger charge is 2.31. The number of halogens is 1. The molecule has 0 saturated heterocycles. The van der Waals surface area contributed by atoms with Crippen LogP contribution in [0, 0.1) is 0 Å². The molecule has 1 heterocycles. The van der Waals surface area contributed by atoms with Crippen molar-refractivity contribution in [2.45, 2.75) is 11.7 Å². The number of rotatable bonds is 5. The summed E-state index contributed by atoms with van der Waals surface area (Å²) in [6.07, 6.45) is 0.0531. The largest absolute Gasteiger partial charge is 0.378 e. The zero-order valence-electron chi connectivity index (χ0n) is 14.4. The Hall–Kier alpha value is -2.31. The first-order valence-electron chi connectivity index (χ1n) is 8.05. The third-order valence-corrected chi connectivity index (χ3v) is 5.42. The van der Waals surface area contributed by atoms with E-state index in [1.165, 1.54) is 11.8 Å². The number of carbonyl (C=O) groups is 2. The molecule has 134 valence electrons. The lowest BCUT2D eigenvalue weighted by Crippen LogP contribution is -2.21. The number of hydrogen-bond acceptors (Lipinski definition) is 4. The molecule has 0 radical (unpaired) electrons.